The quantitative estimate of drug-likeness (QED) is 0.719. The molecule has 2 aromatic carbocycles. The van der Waals surface area contributed by atoms with Gasteiger partial charge < -0.3 is 16.0 Å². The first kappa shape index (κ1) is 18.5. The van der Waals surface area contributed by atoms with Crippen LogP contribution in [0.4, 0.5) is 16.2 Å². The van der Waals surface area contributed by atoms with Crippen LogP contribution < -0.4 is 16.0 Å². The zero-order valence-corrected chi connectivity index (χ0v) is 15.9. The van der Waals surface area contributed by atoms with Gasteiger partial charge in [-0.3, -0.25) is 9.69 Å². The highest BCUT2D eigenvalue weighted by atomic mass is 16.2. The second-order valence-electron chi connectivity index (χ2n) is 7.55. The van der Waals surface area contributed by atoms with E-state index in [0.29, 0.717) is 11.7 Å². The minimum Gasteiger partial charge on any atom is -0.335 e. The average Bonchev–Trinajstić information content (AvgIpc) is 3.38. The van der Waals surface area contributed by atoms with Crippen molar-refractivity contribution >= 4 is 23.3 Å². The smallest absolute Gasteiger partial charge is 0.319 e. The van der Waals surface area contributed by atoms with Crippen molar-refractivity contribution in [3.8, 4) is 0 Å². The van der Waals surface area contributed by atoms with Crippen molar-refractivity contribution in [2.75, 3.05) is 17.2 Å². The van der Waals surface area contributed by atoms with Crippen LogP contribution in [0.25, 0.3) is 0 Å². The van der Waals surface area contributed by atoms with E-state index in [4.69, 9.17) is 0 Å². The first-order chi connectivity index (χ1) is 13.7. The molecule has 1 unspecified atom stereocenters. The fourth-order valence-corrected chi connectivity index (χ4v) is 3.57. The Morgan fingerprint density at radius 3 is 2.25 bits per heavy atom. The van der Waals surface area contributed by atoms with Crippen LogP contribution in [0.15, 0.2) is 54.6 Å². The molecule has 1 saturated carbocycles. The van der Waals surface area contributed by atoms with Gasteiger partial charge in [-0.2, -0.15) is 0 Å². The highest BCUT2D eigenvalue weighted by Gasteiger charge is 2.30. The van der Waals surface area contributed by atoms with Gasteiger partial charge in [0.25, 0.3) is 0 Å². The molecule has 1 atom stereocenters. The number of amides is 3. The van der Waals surface area contributed by atoms with Crippen molar-refractivity contribution in [1.29, 1.82) is 0 Å². The summed E-state index contributed by atoms with van der Waals surface area (Å²) < 4.78 is 0. The number of anilines is 2. The fourth-order valence-electron chi connectivity index (χ4n) is 3.57. The number of carbonyl (C=O) groups excluding carboxylic acids is 2. The van der Waals surface area contributed by atoms with E-state index in [1.165, 1.54) is 5.56 Å². The number of benzene rings is 2. The number of likely N-dealkylation sites (tertiary alicyclic amines) is 1. The van der Waals surface area contributed by atoms with Gasteiger partial charge in [-0.25, -0.2) is 4.79 Å². The Morgan fingerprint density at radius 2 is 1.57 bits per heavy atom. The molecule has 28 heavy (non-hydrogen) atoms. The summed E-state index contributed by atoms with van der Waals surface area (Å²) in [5, 5.41) is 8.71. The molecule has 6 nitrogen and oxygen atoms in total. The van der Waals surface area contributed by atoms with Crippen molar-refractivity contribution in [2.45, 2.75) is 44.3 Å². The van der Waals surface area contributed by atoms with E-state index in [0.717, 1.165) is 44.5 Å². The second-order valence-corrected chi connectivity index (χ2v) is 7.55. The van der Waals surface area contributed by atoms with Crippen molar-refractivity contribution in [2.24, 2.45) is 0 Å². The third-order valence-electron chi connectivity index (χ3n) is 5.22. The molecule has 3 amide bonds. The summed E-state index contributed by atoms with van der Waals surface area (Å²) in [4.78, 5) is 26.8. The molecule has 3 N–H and O–H groups in total. The second kappa shape index (κ2) is 8.44. The van der Waals surface area contributed by atoms with E-state index in [1.807, 2.05) is 30.3 Å². The van der Waals surface area contributed by atoms with Gasteiger partial charge in [-0.15, -0.1) is 0 Å². The van der Waals surface area contributed by atoms with E-state index >= 15 is 0 Å². The molecule has 0 spiro atoms. The van der Waals surface area contributed by atoms with Crippen molar-refractivity contribution in [3.05, 3.63) is 60.2 Å². The molecule has 4 rings (SSSR count). The molecule has 146 valence electrons. The topological polar surface area (TPSA) is 73.5 Å². The average molecular weight is 378 g/mol. The van der Waals surface area contributed by atoms with Crippen LogP contribution in [0.2, 0.25) is 0 Å². The van der Waals surface area contributed by atoms with E-state index in [-0.39, 0.29) is 18.0 Å². The summed E-state index contributed by atoms with van der Waals surface area (Å²) in [6.07, 6.45) is 4.02. The number of carbonyl (C=O) groups is 2. The summed E-state index contributed by atoms with van der Waals surface area (Å²) in [6.45, 7) is 1.73. The molecule has 2 aliphatic rings. The SMILES string of the molecule is O=C(Nc1ccc(NC(=O)C2CCCN2Cc2ccccc2)cc1)NC1CC1. The highest BCUT2D eigenvalue weighted by molar-refractivity contribution is 5.95. The maximum absolute atomic E-state index is 12.8. The zero-order valence-electron chi connectivity index (χ0n) is 15.9. The number of hydrogen-bond acceptors (Lipinski definition) is 3. The lowest BCUT2D eigenvalue weighted by Gasteiger charge is -2.23. The lowest BCUT2D eigenvalue weighted by Crippen LogP contribution is -2.39. The Balaban J connectivity index is 1.31. The van der Waals surface area contributed by atoms with Crippen LogP contribution in [0, 0.1) is 0 Å². The van der Waals surface area contributed by atoms with E-state index in [9.17, 15) is 9.59 Å². The summed E-state index contributed by atoms with van der Waals surface area (Å²) >= 11 is 0. The molecular formula is C22H26N4O2. The van der Waals surface area contributed by atoms with Crippen LogP contribution in [0.1, 0.15) is 31.2 Å². The molecule has 2 fully saturated rings. The predicted molar refractivity (Wildman–Crippen MR) is 110 cm³/mol. The summed E-state index contributed by atoms with van der Waals surface area (Å²) in [5.74, 6) is 0.0283. The van der Waals surface area contributed by atoms with E-state index < -0.39 is 0 Å². The number of urea groups is 1. The molecular weight excluding hydrogens is 352 g/mol. The fraction of sp³-hybridized carbons (Fsp3) is 0.364. The van der Waals surface area contributed by atoms with Gasteiger partial charge in [0.05, 0.1) is 6.04 Å². The Kier molecular flexibility index (Phi) is 5.58. The molecule has 1 saturated heterocycles. The van der Waals surface area contributed by atoms with Gasteiger partial charge in [0, 0.05) is 24.0 Å². The minimum absolute atomic E-state index is 0.0283. The van der Waals surface area contributed by atoms with Crippen molar-refractivity contribution in [3.63, 3.8) is 0 Å². The Labute approximate surface area is 165 Å². The van der Waals surface area contributed by atoms with Gasteiger partial charge in [-0.1, -0.05) is 30.3 Å². The van der Waals surface area contributed by atoms with Crippen LogP contribution in [-0.4, -0.2) is 35.5 Å². The Bertz CT molecular complexity index is 818. The molecule has 1 heterocycles. The monoisotopic (exact) mass is 378 g/mol. The summed E-state index contributed by atoms with van der Waals surface area (Å²) in [5.41, 5.74) is 2.68. The number of hydrogen-bond donors (Lipinski definition) is 3. The lowest BCUT2D eigenvalue weighted by atomic mass is 10.1. The maximum Gasteiger partial charge on any atom is 0.319 e. The highest BCUT2D eigenvalue weighted by Crippen LogP contribution is 2.23. The largest absolute Gasteiger partial charge is 0.335 e. The first-order valence-electron chi connectivity index (χ1n) is 9.94. The Hall–Kier alpha value is -2.86. The van der Waals surface area contributed by atoms with Crippen LogP contribution in [0.3, 0.4) is 0 Å². The van der Waals surface area contributed by atoms with E-state index in [2.05, 4.69) is 33.0 Å². The van der Waals surface area contributed by atoms with Crippen LogP contribution in [-0.2, 0) is 11.3 Å². The molecule has 0 aromatic heterocycles. The van der Waals surface area contributed by atoms with E-state index in [1.54, 1.807) is 12.1 Å². The normalized spacial score (nSPS) is 19.2. The first-order valence-corrected chi connectivity index (χ1v) is 9.94. The molecule has 0 bridgehead atoms. The van der Waals surface area contributed by atoms with Crippen molar-refractivity contribution in [1.82, 2.24) is 10.2 Å². The zero-order chi connectivity index (χ0) is 19.3. The molecule has 1 aliphatic heterocycles. The van der Waals surface area contributed by atoms with Gasteiger partial charge in [-0.05, 0) is 62.1 Å². The number of nitrogens with one attached hydrogen (secondary N) is 3. The van der Waals surface area contributed by atoms with Gasteiger partial charge in [0.15, 0.2) is 0 Å². The molecule has 1 aliphatic carbocycles. The minimum atomic E-state index is -0.179. The Morgan fingerprint density at radius 1 is 0.893 bits per heavy atom. The van der Waals surface area contributed by atoms with Gasteiger partial charge in [0.1, 0.15) is 0 Å². The van der Waals surface area contributed by atoms with Crippen LogP contribution >= 0.6 is 0 Å². The lowest BCUT2D eigenvalue weighted by molar-refractivity contribution is -0.120. The maximum atomic E-state index is 12.8. The summed E-state index contributed by atoms with van der Waals surface area (Å²) in [7, 11) is 0. The summed E-state index contributed by atoms with van der Waals surface area (Å²) in [6, 6.07) is 17.5. The predicted octanol–water partition coefficient (Wildman–Crippen LogP) is 3.57. The molecule has 6 heteroatoms. The van der Waals surface area contributed by atoms with Crippen LogP contribution in [0.5, 0.6) is 0 Å². The number of rotatable bonds is 6. The molecule has 0 radical (unpaired) electrons. The third kappa shape index (κ3) is 4.89. The molecule has 2 aromatic rings. The number of nitrogens with zero attached hydrogens (tertiary/aromatic N) is 1. The van der Waals surface area contributed by atoms with Gasteiger partial charge in [0.2, 0.25) is 5.91 Å². The standard InChI is InChI=1S/C22H26N4O2/c27-21(20-7-4-14-26(20)15-16-5-2-1-3-6-16)23-17-8-10-18(11-9-17)24-22(28)25-19-12-13-19/h1-3,5-6,8-11,19-20H,4,7,12-15H2,(H,23,27)(H2,24,25,28). The van der Waals surface area contributed by atoms with Gasteiger partial charge >= 0.3 is 6.03 Å². The third-order valence-corrected chi connectivity index (χ3v) is 5.22. The van der Waals surface area contributed by atoms with Crippen molar-refractivity contribution < 1.29 is 9.59 Å².